The van der Waals surface area contributed by atoms with Gasteiger partial charge in [-0.25, -0.2) is 8.42 Å². The minimum Gasteiger partial charge on any atom is -0.331 e. The Hall–Kier alpha value is -2.90. The number of hydrogen-bond acceptors (Lipinski definition) is 4. The summed E-state index contributed by atoms with van der Waals surface area (Å²) in [6.45, 7) is 0.441. The topological polar surface area (TPSA) is 70.6 Å². The van der Waals surface area contributed by atoms with Crippen LogP contribution in [0.2, 0.25) is 5.02 Å². The highest BCUT2D eigenvalue weighted by Gasteiger charge is 2.33. The van der Waals surface area contributed by atoms with Gasteiger partial charge in [0, 0.05) is 42.6 Å². The van der Waals surface area contributed by atoms with E-state index in [1.165, 1.54) is 19.2 Å². The highest BCUT2D eigenvalue weighted by molar-refractivity contribution is 7.92. The normalized spacial score (nSPS) is 13.6. The first kappa shape index (κ1) is 21.3. The van der Waals surface area contributed by atoms with E-state index in [0.717, 1.165) is 22.7 Å². The zero-order valence-corrected chi connectivity index (χ0v) is 18.6. The zero-order valence-electron chi connectivity index (χ0n) is 17.0. The number of carbonyl (C=O) groups is 1. The fourth-order valence-electron chi connectivity index (χ4n) is 3.37. The van der Waals surface area contributed by atoms with Crippen molar-refractivity contribution < 1.29 is 13.2 Å². The summed E-state index contributed by atoms with van der Waals surface area (Å²) in [5.41, 5.74) is 1.73. The second kappa shape index (κ2) is 8.69. The maximum absolute atomic E-state index is 13.3. The van der Waals surface area contributed by atoms with E-state index in [9.17, 15) is 13.2 Å². The predicted molar refractivity (Wildman–Crippen MR) is 121 cm³/mol. The Labute approximate surface area is 187 Å². The summed E-state index contributed by atoms with van der Waals surface area (Å²) < 4.78 is 27.5. The Kier molecular flexibility index (Phi) is 5.98. The van der Waals surface area contributed by atoms with Gasteiger partial charge >= 0.3 is 0 Å². The quantitative estimate of drug-likeness (QED) is 0.530. The van der Waals surface area contributed by atoms with Crippen LogP contribution in [0.25, 0.3) is 0 Å². The molecule has 1 aliphatic carbocycles. The molecule has 4 rings (SSSR count). The lowest BCUT2D eigenvalue weighted by molar-refractivity contribution is 0.0729. The van der Waals surface area contributed by atoms with Crippen molar-refractivity contribution in [2.45, 2.75) is 30.3 Å². The average Bonchev–Trinajstić information content (AvgIpc) is 3.62. The number of anilines is 1. The monoisotopic (exact) mass is 455 g/mol. The lowest BCUT2D eigenvalue weighted by Gasteiger charge is -2.23. The Morgan fingerprint density at radius 1 is 1.10 bits per heavy atom. The van der Waals surface area contributed by atoms with Gasteiger partial charge in [0.2, 0.25) is 0 Å². The van der Waals surface area contributed by atoms with E-state index >= 15 is 0 Å². The maximum Gasteiger partial charge on any atom is 0.264 e. The average molecular weight is 456 g/mol. The van der Waals surface area contributed by atoms with Crippen molar-refractivity contribution in [2.75, 3.05) is 11.4 Å². The molecule has 1 amide bonds. The van der Waals surface area contributed by atoms with Crippen LogP contribution in [0.4, 0.5) is 5.69 Å². The molecule has 1 saturated carbocycles. The first-order valence-electron chi connectivity index (χ1n) is 9.91. The number of nitrogens with zero attached hydrogens (tertiary/aromatic N) is 3. The van der Waals surface area contributed by atoms with Crippen molar-refractivity contribution in [1.82, 2.24) is 9.88 Å². The summed E-state index contributed by atoms with van der Waals surface area (Å²) in [6.07, 6.45) is 5.32. The van der Waals surface area contributed by atoms with Gasteiger partial charge < -0.3 is 4.90 Å². The molecule has 8 heteroatoms. The van der Waals surface area contributed by atoms with E-state index in [1.54, 1.807) is 53.7 Å². The fraction of sp³-hybridized carbons (Fsp3) is 0.217. The van der Waals surface area contributed by atoms with Crippen LogP contribution in [0.1, 0.15) is 28.8 Å². The molecular formula is C23H22ClN3O3S. The van der Waals surface area contributed by atoms with Crippen LogP contribution in [0.5, 0.6) is 0 Å². The van der Waals surface area contributed by atoms with Gasteiger partial charge in [0.15, 0.2) is 0 Å². The number of aromatic nitrogens is 1. The van der Waals surface area contributed by atoms with E-state index in [4.69, 9.17) is 11.6 Å². The molecule has 1 heterocycles. The van der Waals surface area contributed by atoms with Crippen LogP contribution in [-0.4, -0.2) is 37.3 Å². The van der Waals surface area contributed by atoms with E-state index in [2.05, 4.69) is 4.98 Å². The number of amides is 1. The largest absolute Gasteiger partial charge is 0.331 e. The molecular weight excluding hydrogens is 434 g/mol. The van der Waals surface area contributed by atoms with E-state index in [-0.39, 0.29) is 16.8 Å². The van der Waals surface area contributed by atoms with Crippen LogP contribution in [-0.2, 0) is 16.6 Å². The van der Waals surface area contributed by atoms with Gasteiger partial charge in [0.05, 0.1) is 10.6 Å². The van der Waals surface area contributed by atoms with Gasteiger partial charge in [0.25, 0.3) is 15.9 Å². The molecule has 1 fully saturated rings. The summed E-state index contributed by atoms with van der Waals surface area (Å²) in [5.74, 6) is -0.186. The number of rotatable bonds is 7. The van der Waals surface area contributed by atoms with Crippen LogP contribution in [0, 0.1) is 0 Å². The third kappa shape index (κ3) is 4.73. The summed E-state index contributed by atoms with van der Waals surface area (Å²) >= 11 is 6.01. The molecule has 0 bridgehead atoms. The molecule has 1 aliphatic rings. The standard InChI is InChI=1S/C23H22ClN3O3S/c1-26(21-8-3-7-19(24)14-21)31(29,30)22-9-2-6-18(13-22)23(28)27(20-10-11-20)16-17-5-4-12-25-15-17/h2-9,12-15,20H,10-11,16H2,1H3. The first-order chi connectivity index (χ1) is 14.9. The van der Waals surface area contributed by atoms with Crippen LogP contribution >= 0.6 is 11.6 Å². The molecule has 0 N–H and O–H groups in total. The van der Waals surface area contributed by atoms with Crippen molar-refractivity contribution in [3.05, 3.63) is 89.2 Å². The second-order valence-corrected chi connectivity index (χ2v) is 9.91. The fourth-order valence-corrected chi connectivity index (χ4v) is 4.78. The zero-order chi connectivity index (χ0) is 22.0. The third-order valence-corrected chi connectivity index (χ3v) is 7.25. The van der Waals surface area contributed by atoms with Crippen molar-refractivity contribution in [2.24, 2.45) is 0 Å². The Morgan fingerprint density at radius 3 is 2.55 bits per heavy atom. The minimum absolute atomic E-state index is 0.0537. The molecule has 0 unspecified atom stereocenters. The van der Waals surface area contributed by atoms with Crippen LogP contribution in [0.3, 0.4) is 0 Å². The van der Waals surface area contributed by atoms with Crippen molar-refractivity contribution in [3.63, 3.8) is 0 Å². The second-order valence-electron chi connectivity index (χ2n) is 7.51. The Balaban J connectivity index is 1.61. The highest BCUT2D eigenvalue weighted by atomic mass is 35.5. The van der Waals surface area contributed by atoms with Crippen LogP contribution < -0.4 is 4.31 Å². The smallest absolute Gasteiger partial charge is 0.264 e. The molecule has 0 saturated heterocycles. The highest BCUT2D eigenvalue weighted by Crippen LogP contribution is 2.31. The predicted octanol–water partition coefficient (Wildman–Crippen LogP) is 4.36. The van der Waals surface area contributed by atoms with E-state index in [1.807, 2.05) is 12.1 Å². The van der Waals surface area contributed by atoms with Crippen molar-refractivity contribution in [1.29, 1.82) is 0 Å². The number of hydrogen-bond donors (Lipinski definition) is 0. The molecule has 6 nitrogen and oxygen atoms in total. The summed E-state index contributed by atoms with van der Waals surface area (Å²) in [5, 5.41) is 0.443. The molecule has 31 heavy (non-hydrogen) atoms. The number of carbonyl (C=O) groups excluding carboxylic acids is 1. The van der Waals surface area contributed by atoms with Crippen LogP contribution in [0.15, 0.2) is 78.0 Å². The SMILES string of the molecule is CN(c1cccc(Cl)c1)S(=O)(=O)c1cccc(C(=O)N(Cc2cccnc2)C2CC2)c1. The van der Waals surface area contributed by atoms with Gasteiger partial charge in [-0.3, -0.25) is 14.1 Å². The molecule has 2 aromatic carbocycles. The van der Waals surface area contributed by atoms with Gasteiger partial charge in [-0.2, -0.15) is 0 Å². The molecule has 160 valence electrons. The minimum atomic E-state index is -3.86. The Morgan fingerprint density at radius 2 is 1.87 bits per heavy atom. The molecule has 0 atom stereocenters. The molecule has 0 aliphatic heterocycles. The molecule has 3 aromatic rings. The molecule has 0 spiro atoms. The third-order valence-electron chi connectivity index (χ3n) is 5.24. The van der Waals surface area contributed by atoms with E-state index in [0.29, 0.717) is 22.8 Å². The lowest BCUT2D eigenvalue weighted by atomic mass is 10.1. The lowest BCUT2D eigenvalue weighted by Crippen LogP contribution is -2.33. The number of pyridine rings is 1. The first-order valence-corrected chi connectivity index (χ1v) is 11.7. The maximum atomic E-state index is 13.3. The van der Waals surface area contributed by atoms with Crippen molar-refractivity contribution in [3.8, 4) is 0 Å². The number of halogens is 1. The van der Waals surface area contributed by atoms with Crippen molar-refractivity contribution >= 4 is 33.2 Å². The van der Waals surface area contributed by atoms with Gasteiger partial charge in [-0.15, -0.1) is 0 Å². The number of sulfonamides is 1. The van der Waals surface area contributed by atoms with Gasteiger partial charge in [-0.05, 0) is 60.9 Å². The summed E-state index contributed by atoms with van der Waals surface area (Å²) in [6, 6.07) is 16.7. The Bertz CT molecular complexity index is 1200. The summed E-state index contributed by atoms with van der Waals surface area (Å²) in [4.78, 5) is 19.2. The van der Waals surface area contributed by atoms with E-state index < -0.39 is 10.0 Å². The summed E-state index contributed by atoms with van der Waals surface area (Å²) in [7, 11) is -2.39. The molecule has 0 radical (unpaired) electrons. The van der Waals surface area contributed by atoms with Gasteiger partial charge in [-0.1, -0.05) is 29.8 Å². The molecule has 1 aromatic heterocycles. The number of benzene rings is 2. The van der Waals surface area contributed by atoms with Gasteiger partial charge in [0.1, 0.15) is 0 Å².